The van der Waals surface area contributed by atoms with Gasteiger partial charge >= 0.3 is 6.61 Å². The van der Waals surface area contributed by atoms with Crippen molar-refractivity contribution in [1.82, 2.24) is 4.90 Å². The summed E-state index contributed by atoms with van der Waals surface area (Å²) in [6.07, 6.45) is 0.709. The molecule has 0 aromatic heterocycles. The van der Waals surface area contributed by atoms with E-state index >= 15 is 0 Å². The first-order chi connectivity index (χ1) is 9.08. The number of alkyl halides is 2. The highest BCUT2D eigenvalue weighted by atomic mass is 19.3. The summed E-state index contributed by atoms with van der Waals surface area (Å²) in [7, 11) is 0. The summed E-state index contributed by atoms with van der Waals surface area (Å²) in [6, 6.07) is 7.45. The molecule has 0 N–H and O–H groups in total. The van der Waals surface area contributed by atoms with Crippen molar-refractivity contribution in [2.24, 2.45) is 0 Å². The Morgan fingerprint density at radius 3 is 2.84 bits per heavy atom. The van der Waals surface area contributed by atoms with E-state index in [0.717, 1.165) is 0 Å². The predicted molar refractivity (Wildman–Crippen MR) is 64.9 cm³/mol. The molecular formula is C13H14F2N2O2. The fraction of sp³-hybridized carbons (Fsp3) is 0.385. The normalized spacial score (nSPS) is 10.1. The van der Waals surface area contributed by atoms with Crippen molar-refractivity contribution in [3.8, 4) is 11.8 Å². The zero-order valence-electron chi connectivity index (χ0n) is 10.5. The molecule has 0 aliphatic rings. The van der Waals surface area contributed by atoms with Gasteiger partial charge in [0.05, 0.1) is 6.07 Å². The Kier molecular flexibility index (Phi) is 5.73. The molecule has 1 aromatic rings. The lowest BCUT2D eigenvalue weighted by Gasteiger charge is -2.19. The van der Waals surface area contributed by atoms with Crippen LogP contribution in [0, 0.1) is 11.3 Å². The van der Waals surface area contributed by atoms with Gasteiger partial charge in [-0.05, 0) is 24.6 Å². The highest BCUT2D eigenvalue weighted by molar-refractivity contribution is 5.94. The van der Waals surface area contributed by atoms with Crippen molar-refractivity contribution in [3.05, 3.63) is 29.8 Å². The zero-order chi connectivity index (χ0) is 14.3. The first kappa shape index (κ1) is 14.9. The van der Waals surface area contributed by atoms with Gasteiger partial charge in [0, 0.05) is 12.1 Å². The summed E-state index contributed by atoms with van der Waals surface area (Å²) >= 11 is 0. The van der Waals surface area contributed by atoms with E-state index in [2.05, 4.69) is 4.74 Å². The van der Waals surface area contributed by atoms with Crippen molar-refractivity contribution in [2.45, 2.75) is 20.0 Å². The van der Waals surface area contributed by atoms with Gasteiger partial charge in [-0.25, -0.2) is 0 Å². The van der Waals surface area contributed by atoms with Crippen molar-refractivity contribution in [1.29, 1.82) is 5.26 Å². The number of nitrogens with zero attached hydrogens (tertiary/aromatic N) is 2. The minimum Gasteiger partial charge on any atom is -0.435 e. The Morgan fingerprint density at radius 1 is 1.53 bits per heavy atom. The number of hydrogen-bond donors (Lipinski definition) is 0. The van der Waals surface area contributed by atoms with E-state index in [1.807, 2.05) is 13.0 Å². The average Bonchev–Trinajstić information content (AvgIpc) is 2.37. The molecule has 0 saturated heterocycles. The van der Waals surface area contributed by atoms with Gasteiger partial charge in [-0.15, -0.1) is 0 Å². The highest BCUT2D eigenvalue weighted by Gasteiger charge is 2.15. The van der Waals surface area contributed by atoms with Gasteiger partial charge in [0.1, 0.15) is 12.3 Å². The standard InChI is InChI=1S/C13H14F2N2O2/c1-2-7-17(8-6-16)12(18)10-4-3-5-11(9-10)19-13(14)15/h3-5,9,13H,2,7-8H2,1H3. The minimum atomic E-state index is -2.93. The van der Waals surface area contributed by atoms with Crippen molar-refractivity contribution in [2.75, 3.05) is 13.1 Å². The van der Waals surface area contributed by atoms with Crippen LogP contribution in [0.3, 0.4) is 0 Å². The van der Waals surface area contributed by atoms with E-state index in [1.54, 1.807) is 0 Å². The Balaban J connectivity index is 2.88. The SMILES string of the molecule is CCCN(CC#N)C(=O)c1cccc(OC(F)F)c1. The molecule has 0 atom stereocenters. The lowest BCUT2D eigenvalue weighted by molar-refractivity contribution is -0.0499. The van der Waals surface area contributed by atoms with Crippen LogP contribution >= 0.6 is 0 Å². The first-order valence-corrected chi connectivity index (χ1v) is 5.79. The van der Waals surface area contributed by atoms with Gasteiger partial charge in [0.2, 0.25) is 0 Å². The van der Waals surface area contributed by atoms with Crippen LogP contribution in [-0.2, 0) is 0 Å². The fourth-order valence-corrected chi connectivity index (χ4v) is 1.60. The lowest BCUT2D eigenvalue weighted by atomic mass is 10.2. The molecule has 6 heteroatoms. The summed E-state index contributed by atoms with van der Waals surface area (Å²) in [6.45, 7) is -0.649. The van der Waals surface area contributed by atoms with Crippen LogP contribution in [0.5, 0.6) is 5.75 Å². The van der Waals surface area contributed by atoms with E-state index in [1.165, 1.54) is 29.2 Å². The summed E-state index contributed by atoms with van der Waals surface area (Å²) in [5.74, 6) is -0.447. The summed E-state index contributed by atoms with van der Waals surface area (Å²) in [5, 5.41) is 8.66. The molecule has 0 bridgehead atoms. The minimum absolute atomic E-state index is 0.0351. The van der Waals surface area contributed by atoms with E-state index < -0.39 is 6.61 Å². The van der Waals surface area contributed by atoms with Crippen LogP contribution in [0.15, 0.2) is 24.3 Å². The van der Waals surface area contributed by atoms with Gasteiger partial charge in [0.25, 0.3) is 5.91 Å². The van der Waals surface area contributed by atoms with Crippen LogP contribution in [0.2, 0.25) is 0 Å². The number of hydrogen-bond acceptors (Lipinski definition) is 3. The number of carbonyl (C=O) groups excluding carboxylic acids is 1. The van der Waals surface area contributed by atoms with Crippen molar-refractivity contribution in [3.63, 3.8) is 0 Å². The molecule has 0 spiro atoms. The van der Waals surface area contributed by atoms with E-state index in [9.17, 15) is 13.6 Å². The lowest BCUT2D eigenvalue weighted by Crippen LogP contribution is -2.32. The summed E-state index contributed by atoms with van der Waals surface area (Å²) < 4.78 is 28.4. The summed E-state index contributed by atoms with van der Waals surface area (Å²) in [5.41, 5.74) is 0.224. The molecular weight excluding hydrogens is 254 g/mol. The topological polar surface area (TPSA) is 53.3 Å². The quantitative estimate of drug-likeness (QED) is 0.745. The fourth-order valence-electron chi connectivity index (χ4n) is 1.60. The van der Waals surface area contributed by atoms with Gasteiger partial charge in [-0.1, -0.05) is 13.0 Å². The van der Waals surface area contributed by atoms with Crippen LogP contribution < -0.4 is 4.74 Å². The molecule has 0 unspecified atom stereocenters. The van der Waals surface area contributed by atoms with Gasteiger partial charge in [-0.2, -0.15) is 14.0 Å². The Hall–Kier alpha value is -2.16. The second-order valence-electron chi connectivity index (χ2n) is 3.79. The van der Waals surface area contributed by atoms with Crippen LogP contribution in [0.4, 0.5) is 8.78 Å². The third-order valence-corrected chi connectivity index (χ3v) is 2.35. The smallest absolute Gasteiger partial charge is 0.387 e. The van der Waals surface area contributed by atoms with Crippen LogP contribution in [0.25, 0.3) is 0 Å². The van der Waals surface area contributed by atoms with Crippen LogP contribution in [0.1, 0.15) is 23.7 Å². The third-order valence-electron chi connectivity index (χ3n) is 2.35. The van der Waals surface area contributed by atoms with Gasteiger partial charge < -0.3 is 9.64 Å². The monoisotopic (exact) mass is 268 g/mol. The number of benzene rings is 1. The Bertz CT molecular complexity index is 472. The molecule has 19 heavy (non-hydrogen) atoms. The first-order valence-electron chi connectivity index (χ1n) is 5.79. The number of carbonyl (C=O) groups is 1. The second kappa shape index (κ2) is 7.31. The maximum atomic E-state index is 12.1. The molecule has 0 aliphatic heterocycles. The van der Waals surface area contributed by atoms with E-state index in [-0.39, 0.29) is 23.8 Å². The van der Waals surface area contributed by atoms with Crippen LogP contribution in [-0.4, -0.2) is 30.5 Å². The maximum absolute atomic E-state index is 12.1. The van der Waals surface area contributed by atoms with Crippen molar-refractivity contribution >= 4 is 5.91 Å². The molecule has 0 aliphatic carbocycles. The number of nitriles is 1. The molecule has 1 aromatic carbocycles. The molecule has 1 rings (SSSR count). The predicted octanol–water partition coefficient (Wildman–Crippen LogP) is 2.66. The average molecular weight is 268 g/mol. The molecule has 0 radical (unpaired) electrons. The van der Waals surface area contributed by atoms with Crippen molar-refractivity contribution < 1.29 is 18.3 Å². The molecule has 1 amide bonds. The summed E-state index contributed by atoms with van der Waals surface area (Å²) in [4.78, 5) is 13.5. The molecule has 0 saturated carbocycles. The van der Waals surface area contributed by atoms with E-state index in [0.29, 0.717) is 13.0 Å². The molecule has 0 fully saturated rings. The number of rotatable bonds is 6. The van der Waals surface area contributed by atoms with Gasteiger partial charge in [-0.3, -0.25) is 4.79 Å². The maximum Gasteiger partial charge on any atom is 0.387 e. The Labute approximate surface area is 110 Å². The third kappa shape index (κ3) is 4.54. The molecule has 0 heterocycles. The Morgan fingerprint density at radius 2 is 2.26 bits per heavy atom. The highest BCUT2D eigenvalue weighted by Crippen LogP contribution is 2.17. The zero-order valence-corrected chi connectivity index (χ0v) is 10.5. The number of amides is 1. The number of halogens is 2. The molecule has 102 valence electrons. The van der Waals surface area contributed by atoms with E-state index in [4.69, 9.17) is 5.26 Å². The molecule has 4 nitrogen and oxygen atoms in total. The second-order valence-corrected chi connectivity index (χ2v) is 3.79. The number of ether oxygens (including phenoxy) is 1. The largest absolute Gasteiger partial charge is 0.435 e. The van der Waals surface area contributed by atoms with Gasteiger partial charge in [0.15, 0.2) is 0 Å².